The minimum atomic E-state index is -0.186. The number of hydrogen-bond acceptors (Lipinski definition) is 2. The lowest BCUT2D eigenvalue weighted by molar-refractivity contribution is 0.00578. The Morgan fingerprint density at radius 1 is 1.00 bits per heavy atom. The van der Waals surface area contributed by atoms with E-state index < -0.39 is 0 Å². The van der Waals surface area contributed by atoms with Gasteiger partial charge in [0.2, 0.25) is 0 Å². The lowest BCUT2D eigenvalue weighted by Gasteiger charge is -2.32. The third kappa shape index (κ3) is 3.71. The summed E-state index contributed by atoms with van der Waals surface area (Å²) in [6.45, 7) is 8.47. The summed E-state index contributed by atoms with van der Waals surface area (Å²) in [7, 11) is -0.135. The van der Waals surface area contributed by atoms with Crippen LogP contribution in [0.5, 0.6) is 0 Å². The maximum absolute atomic E-state index is 6.01. The van der Waals surface area contributed by atoms with Crippen molar-refractivity contribution in [3.8, 4) is 0 Å². The Morgan fingerprint density at radius 3 is 2.16 bits per heavy atom. The van der Waals surface area contributed by atoms with E-state index in [9.17, 15) is 0 Å². The second kappa shape index (κ2) is 5.82. The quantitative estimate of drug-likeness (QED) is 0.607. The highest BCUT2D eigenvalue weighted by Gasteiger charge is 2.50. The largest absolute Gasteiger partial charge is 0.457 e. The van der Waals surface area contributed by atoms with Crippen LogP contribution in [0.15, 0.2) is 30.3 Å². The topological polar surface area (TPSA) is 18.5 Å². The SMILES string of the molecule is CC1(C)OB(CCC[SiH2]c2ccccc2)OC1(C)C. The molecule has 1 aliphatic rings. The van der Waals surface area contributed by atoms with Crippen LogP contribution in [-0.4, -0.2) is 27.8 Å². The van der Waals surface area contributed by atoms with E-state index >= 15 is 0 Å². The van der Waals surface area contributed by atoms with E-state index in [1.807, 2.05) is 0 Å². The lowest BCUT2D eigenvalue weighted by atomic mass is 9.83. The van der Waals surface area contributed by atoms with Crippen molar-refractivity contribution < 1.29 is 9.31 Å². The molecule has 104 valence electrons. The van der Waals surface area contributed by atoms with Crippen LogP contribution in [0.3, 0.4) is 0 Å². The highest BCUT2D eigenvalue weighted by molar-refractivity contribution is 6.53. The van der Waals surface area contributed by atoms with E-state index in [0.717, 1.165) is 6.32 Å². The summed E-state index contributed by atoms with van der Waals surface area (Å²) >= 11 is 0. The molecular formula is C15H25BO2Si. The van der Waals surface area contributed by atoms with Crippen molar-refractivity contribution in [2.45, 2.75) is 57.7 Å². The van der Waals surface area contributed by atoms with Crippen molar-refractivity contribution in [1.29, 1.82) is 0 Å². The molecule has 2 nitrogen and oxygen atoms in total. The number of rotatable bonds is 5. The first-order valence-corrected chi connectivity index (χ1v) is 9.01. The first-order valence-electron chi connectivity index (χ1n) is 7.30. The summed E-state index contributed by atoms with van der Waals surface area (Å²) in [4.78, 5) is 0. The van der Waals surface area contributed by atoms with E-state index in [4.69, 9.17) is 9.31 Å². The number of benzene rings is 1. The van der Waals surface area contributed by atoms with Gasteiger partial charge in [-0.05, 0) is 34.0 Å². The smallest absolute Gasteiger partial charge is 0.403 e. The van der Waals surface area contributed by atoms with E-state index in [0.29, 0.717) is 0 Å². The molecule has 1 heterocycles. The molecule has 0 aromatic heterocycles. The maximum atomic E-state index is 6.01. The molecule has 1 aliphatic heterocycles. The van der Waals surface area contributed by atoms with Gasteiger partial charge >= 0.3 is 7.12 Å². The van der Waals surface area contributed by atoms with Crippen LogP contribution in [0, 0.1) is 0 Å². The third-order valence-electron chi connectivity index (χ3n) is 4.30. The second-order valence-electron chi connectivity index (χ2n) is 6.42. The fourth-order valence-corrected chi connectivity index (χ4v) is 3.92. The monoisotopic (exact) mass is 276 g/mol. The van der Waals surface area contributed by atoms with E-state index in [1.165, 1.54) is 12.5 Å². The average molecular weight is 276 g/mol. The maximum Gasteiger partial charge on any atom is 0.457 e. The van der Waals surface area contributed by atoms with Crippen molar-refractivity contribution in [2.24, 2.45) is 0 Å². The molecule has 0 saturated carbocycles. The molecule has 0 bridgehead atoms. The molecule has 19 heavy (non-hydrogen) atoms. The fraction of sp³-hybridized carbons (Fsp3) is 0.600. The van der Waals surface area contributed by atoms with Crippen molar-refractivity contribution in [3.05, 3.63) is 30.3 Å². The second-order valence-corrected chi connectivity index (χ2v) is 8.44. The molecule has 1 aromatic rings. The molecule has 0 amide bonds. The first-order chi connectivity index (χ1) is 8.91. The fourth-order valence-electron chi connectivity index (χ4n) is 2.37. The highest BCUT2D eigenvalue weighted by atomic mass is 28.2. The molecule has 0 aliphatic carbocycles. The highest BCUT2D eigenvalue weighted by Crippen LogP contribution is 2.37. The Hall–Kier alpha value is -0.578. The first kappa shape index (κ1) is 14.8. The molecule has 0 radical (unpaired) electrons. The van der Waals surface area contributed by atoms with Gasteiger partial charge in [-0.1, -0.05) is 48.0 Å². The van der Waals surface area contributed by atoms with Crippen LogP contribution in [0.25, 0.3) is 0 Å². The van der Waals surface area contributed by atoms with Gasteiger partial charge in [-0.3, -0.25) is 0 Å². The van der Waals surface area contributed by atoms with Gasteiger partial charge in [0.1, 0.15) is 0 Å². The van der Waals surface area contributed by atoms with Gasteiger partial charge in [0.05, 0.1) is 20.7 Å². The van der Waals surface area contributed by atoms with Crippen LogP contribution in [0.1, 0.15) is 34.1 Å². The van der Waals surface area contributed by atoms with Gasteiger partial charge in [0.15, 0.2) is 0 Å². The zero-order valence-electron chi connectivity index (χ0n) is 12.6. The van der Waals surface area contributed by atoms with Crippen LogP contribution < -0.4 is 5.19 Å². The minimum absolute atomic E-state index is 0.0187. The Morgan fingerprint density at radius 2 is 1.58 bits per heavy atom. The van der Waals surface area contributed by atoms with Gasteiger partial charge in [-0.15, -0.1) is 0 Å². The minimum Gasteiger partial charge on any atom is -0.403 e. The zero-order valence-corrected chi connectivity index (χ0v) is 14.0. The number of hydrogen-bond donors (Lipinski definition) is 0. The summed E-state index contributed by atoms with van der Waals surface area (Å²) in [5, 5.41) is 1.55. The van der Waals surface area contributed by atoms with Gasteiger partial charge < -0.3 is 9.31 Å². The van der Waals surface area contributed by atoms with Gasteiger partial charge in [0.25, 0.3) is 0 Å². The van der Waals surface area contributed by atoms with Gasteiger partial charge in [-0.2, -0.15) is 0 Å². The molecule has 2 rings (SSSR count). The molecule has 1 saturated heterocycles. The molecule has 0 unspecified atom stereocenters. The molecule has 4 heteroatoms. The summed E-state index contributed by atoms with van der Waals surface area (Å²) < 4.78 is 12.0. The van der Waals surface area contributed by atoms with Crippen molar-refractivity contribution in [1.82, 2.24) is 0 Å². The van der Waals surface area contributed by atoms with Crippen LogP contribution in [-0.2, 0) is 9.31 Å². The summed E-state index contributed by atoms with van der Waals surface area (Å²) in [5.74, 6) is 0. The Bertz CT molecular complexity index is 390. The van der Waals surface area contributed by atoms with E-state index in [-0.39, 0.29) is 27.8 Å². The Labute approximate surface area is 119 Å². The van der Waals surface area contributed by atoms with Crippen LogP contribution in [0.2, 0.25) is 12.4 Å². The van der Waals surface area contributed by atoms with E-state index in [2.05, 4.69) is 58.0 Å². The molecular weight excluding hydrogens is 251 g/mol. The Balaban J connectivity index is 1.70. The molecule has 0 spiro atoms. The van der Waals surface area contributed by atoms with E-state index in [1.54, 1.807) is 5.19 Å². The van der Waals surface area contributed by atoms with Crippen LogP contribution in [0.4, 0.5) is 0 Å². The molecule has 1 fully saturated rings. The van der Waals surface area contributed by atoms with Gasteiger partial charge in [0, 0.05) is 0 Å². The lowest BCUT2D eigenvalue weighted by Crippen LogP contribution is -2.41. The molecule has 1 aromatic carbocycles. The summed E-state index contributed by atoms with van der Waals surface area (Å²) in [6.07, 6.45) is 2.23. The van der Waals surface area contributed by atoms with Gasteiger partial charge in [-0.25, -0.2) is 0 Å². The zero-order chi connectivity index (χ0) is 13.9. The molecule has 0 N–H and O–H groups in total. The predicted octanol–water partition coefficient (Wildman–Crippen LogP) is 2.38. The Kier molecular flexibility index (Phi) is 4.54. The van der Waals surface area contributed by atoms with Crippen molar-refractivity contribution in [3.63, 3.8) is 0 Å². The summed E-state index contributed by atoms with van der Waals surface area (Å²) in [6, 6.07) is 12.2. The average Bonchev–Trinajstić information content (AvgIpc) is 2.55. The normalized spacial score (nSPS) is 21.4. The molecule has 0 atom stereocenters. The van der Waals surface area contributed by atoms with Crippen molar-refractivity contribution >= 4 is 21.8 Å². The summed E-state index contributed by atoms with van der Waals surface area (Å²) in [5.41, 5.74) is -0.372. The third-order valence-corrected chi connectivity index (χ3v) is 6.20. The predicted molar refractivity (Wildman–Crippen MR) is 84.9 cm³/mol. The van der Waals surface area contributed by atoms with Crippen molar-refractivity contribution in [2.75, 3.05) is 0 Å². The van der Waals surface area contributed by atoms with Crippen LogP contribution >= 0.6 is 0 Å². The standard InChI is InChI=1S/C15H25BO2Si/c1-14(2)15(3,4)18-16(17-14)11-8-12-19-13-9-6-5-7-10-13/h5-7,9-10H,8,11-12,19H2,1-4H3.